The Labute approximate surface area is 522 Å². The molecule has 0 radical (unpaired) electrons. The number of phosphoric acid groups is 2. The van der Waals surface area contributed by atoms with Crippen LogP contribution in [0.25, 0.3) is 0 Å². The van der Waals surface area contributed by atoms with Gasteiger partial charge in [0.05, 0.1) is 26.4 Å². The number of unbranched alkanes of at least 4 members (excludes halogenated alkanes) is 28. The van der Waals surface area contributed by atoms with E-state index >= 15 is 0 Å². The Hall–Kier alpha value is -2.46. The molecule has 0 spiro atoms. The number of hydrogen-bond acceptors (Lipinski definition) is 15. The molecule has 5 atom stereocenters. The third-order valence-corrected chi connectivity index (χ3v) is 16.7. The van der Waals surface area contributed by atoms with Crippen LogP contribution in [0.3, 0.4) is 0 Å². The first kappa shape index (κ1) is 83.5. The van der Waals surface area contributed by atoms with Crippen LogP contribution in [-0.4, -0.2) is 96.7 Å². The third kappa shape index (κ3) is 60.5. The molecule has 0 saturated carbocycles. The van der Waals surface area contributed by atoms with Crippen LogP contribution < -0.4 is 0 Å². The van der Waals surface area contributed by atoms with Gasteiger partial charge in [0.1, 0.15) is 19.3 Å². The molecule has 19 heteroatoms. The summed E-state index contributed by atoms with van der Waals surface area (Å²) in [6.07, 6.45) is 42.8. The molecule has 0 amide bonds. The third-order valence-electron chi connectivity index (χ3n) is 14.8. The molecule has 0 saturated heterocycles. The number of allylic oxidation sites excluding steroid dienone is 4. The molecule has 3 N–H and O–H groups in total. The lowest BCUT2D eigenvalue weighted by atomic mass is 10.0. The highest BCUT2D eigenvalue weighted by Crippen LogP contribution is 2.45. The molecule has 0 heterocycles. The zero-order chi connectivity index (χ0) is 63.8. The number of aliphatic hydroxyl groups excluding tert-OH is 1. The number of carbonyl (C=O) groups excluding carboxylic acids is 4. The molecule has 86 heavy (non-hydrogen) atoms. The van der Waals surface area contributed by atoms with E-state index in [1.807, 2.05) is 0 Å². The number of esters is 4. The molecule has 0 aliphatic heterocycles. The average molecular weight is 1270 g/mol. The van der Waals surface area contributed by atoms with E-state index in [0.29, 0.717) is 37.5 Å². The molecule has 17 nitrogen and oxygen atoms in total. The van der Waals surface area contributed by atoms with Gasteiger partial charge in [0.2, 0.25) is 0 Å². The van der Waals surface area contributed by atoms with E-state index in [1.54, 1.807) is 0 Å². The lowest BCUT2D eigenvalue weighted by molar-refractivity contribution is -0.161. The first-order valence-corrected chi connectivity index (χ1v) is 37.2. The van der Waals surface area contributed by atoms with Crippen molar-refractivity contribution in [1.29, 1.82) is 0 Å². The molecule has 0 aliphatic carbocycles. The summed E-state index contributed by atoms with van der Waals surface area (Å²) >= 11 is 0. The van der Waals surface area contributed by atoms with E-state index in [-0.39, 0.29) is 25.7 Å². The maximum Gasteiger partial charge on any atom is 0.472 e. The number of hydrogen-bond donors (Lipinski definition) is 3. The Kier molecular flexibility index (Phi) is 56.0. The molecular formula is C67H126O17P2. The molecule has 3 unspecified atom stereocenters. The van der Waals surface area contributed by atoms with Crippen molar-refractivity contribution in [3.05, 3.63) is 24.3 Å². The predicted octanol–water partition coefficient (Wildman–Crippen LogP) is 18.2. The monoisotopic (exact) mass is 1260 g/mol. The maximum atomic E-state index is 13.0. The minimum absolute atomic E-state index is 0.0833. The number of carbonyl (C=O) groups is 4. The fourth-order valence-electron chi connectivity index (χ4n) is 9.47. The van der Waals surface area contributed by atoms with Crippen LogP contribution in [0, 0.1) is 17.8 Å². The van der Waals surface area contributed by atoms with Crippen molar-refractivity contribution in [3.8, 4) is 0 Å². The summed E-state index contributed by atoms with van der Waals surface area (Å²) in [5.74, 6) is -0.0488. The summed E-state index contributed by atoms with van der Waals surface area (Å²) in [6.45, 7) is 11.6. The average Bonchev–Trinajstić information content (AvgIpc) is 3.59. The highest BCUT2D eigenvalue weighted by atomic mass is 31.2. The topological polar surface area (TPSA) is 237 Å². The van der Waals surface area contributed by atoms with E-state index in [2.05, 4.69) is 72.8 Å². The number of rotatable bonds is 63. The first-order valence-electron chi connectivity index (χ1n) is 34.2. The second-order valence-corrected chi connectivity index (χ2v) is 27.9. The number of ether oxygens (including phenoxy) is 4. The fraction of sp³-hybridized carbons (Fsp3) is 0.881. The molecule has 0 bridgehead atoms. The van der Waals surface area contributed by atoms with E-state index in [9.17, 15) is 43.2 Å². The summed E-state index contributed by atoms with van der Waals surface area (Å²) in [5.41, 5.74) is 0. The fourth-order valence-corrected chi connectivity index (χ4v) is 11.0. The molecule has 0 aromatic rings. The first-order chi connectivity index (χ1) is 41.2. The van der Waals surface area contributed by atoms with E-state index in [1.165, 1.54) is 96.3 Å². The number of aliphatic hydroxyl groups is 1. The highest BCUT2D eigenvalue weighted by Gasteiger charge is 2.30. The van der Waals surface area contributed by atoms with Gasteiger partial charge in [-0.1, -0.05) is 253 Å². The van der Waals surface area contributed by atoms with Crippen molar-refractivity contribution in [2.45, 2.75) is 324 Å². The van der Waals surface area contributed by atoms with Gasteiger partial charge >= 0.3 is 39.5 Å². The molecule has 506 valence electrons. The smallest absolute Gasteiger partial charge is 0.462 e. The molecule has 0 aromatic heterocycles. The molecular weight excluding hydrogens is 1140 g/mol. The van der Waals surface area contributed by atoms with Crippen LogP contribution in [-0.2, 0) is 65.4 Å². The van der Waals surface area contributed by atoms with Crippen LogP contribution in [0.1, 0.15) is 305 Å². The van der Waals surface area contributed by atoms with Gasteiger partial charge in [0, 0.05) is 25.7 Å². The quantitative estimate of drug-likeness (QED) is 0.0169. The van der Waals surface area contributed by atoms with Gasteiger partial charge in [0.25, 0.3) is 0 Å². The Morgan fingerprint density at radius 3 is 0.942 bits per heavy atom. The lowest BCUT2D eigenvalue weighted by Crippen LogP contribution is -2.30. The normalized spacial score (nSPS) is 14.5. The Bertz CT molecular complexity index is 1790. The Balaban J connectivity index is 5.28. The summed E-state index contributed by atoms with van der Waals surface area (Å²) < 4.78 is 68.0. The van der Waals surface area contributed by atoms with Crippen molar-refractivity contribution in [3.63, 3.8) is 0 Å². The van der Waals surface area contributed by atoms with Gasteiger partial charge in [-0.3, -0.25) is 37.3 Å². The minimum Gasteiger partial charge on any atom is -0.462 e. The second kappa shape index (κ2) is 57.7. The van der Waals surface area contributed by atoms with Crippen LogP contribution in [0.5, 0.6) is 0 Å². The SMILES string of the molecule is CCCCCC/C=C\C=C/CCCCCCCC(=O)O[C@H](COC(=O)CCCCCCCCC(C)C)COP(=O)(O)OCC(O)COP(=O)(O)OC[C@@H](COC(=O)CCCCCCCCCCC(C)C)OC(=O)CCCCCCCCCCC(C)C. The molecule has 0 aromatic carbocycles. The van der Waals surface area contributed by atoms with Gasteiger partial charge in [-0.05, 0) is 69.1 Å². The van der Waals surface area contributed by atoms with Gasteiger partial charge in [-0.2, -0.15) is 0 Å². The van der Waals surface area contributed by atoms with Gasteiger partial charge in [-0.15, -0.1) is 0 Å². The summed E-state index contributed by atoms with van der Waals surface area (Å²) in [5, 5.41) is 10.5. The van der Waals surface area contributed by atoms with Gasteiger partial charge in [-0.25, -0.2) is 9.13 Å². The zero-order valence-corrected chi connectivity index (χ0v) is 57.0. The van der Waals surface area contributed by atoms with Crippen LogP contribution in [0.4, 0.5) is 0 Å². The van der Waals surface area contributed by atoms with Crippen molar-refractivity contribution < 1.29 is 80.2 Å². The Morgan fingerprint density at radius 1 is 0.360 bits per heavy atom. The van der Waals surface area contributed by atoms with E-state index in [4.69, 9.17) is 37.0 Å². The second-order valence-electron chi connectivity index (χ2n) is 25.0. The molecule has 0 fully saturated rings. The largest absolute Gasteiger partial charge is 0.472 e. The van der Waals surface area contributed by atoms with Crippen molar-refractivity contribution in [1.82, 2.24) is 0 Å². The minimum atomic E-state index is -4.96. The summed E-state index contributed by atoms with van der Waals surface area (Å²) in [4.78, 5) is 72.3. The van der Waals surface area contributed by atoms with Crippen molar-refractivity contribution >= 4 is 39.5 Å². The summed E-state index contributed by atoms with van der Waals surface area (Å²) in [7, 11) is -9.91. The molecule has 0 rings (SSSR count). The van der Waals surface area contributed by atoms with Gasteiger partial charge < -0.3 is 33.8 Å². The molecule has 0 aliphatic rings. The maximum absolute atomic E-state index is 13.0. The van der Waals surface area contributed by atoms with Crippen LogP contribution in [0.2, 0.25) is 0 Å². The number of phosphoric ester groups is 2. The highest BCUT2D eigenvalue weighted by molar-refractivity contribution is 7.47. The van der Waals surface area contributed by atoms with Crippen molar-refractivity contribution in [2.24, 2.45) is 17.8 Å². The van der Waals surface area contributed by atoms with Crippen LogP contribution in [0.15, 0.2) is 24.3 Å². The lowest BCUT2D eigenvalue weighted by Gasteiger charge is -2.21. The summed E-state index contributed by atoms with van der Waals surface area (Å²) in [6, 6.07) is 0. The van der Waals surface area contributed by atoms with Crippen molar-refractivity contribution in [2.75, 3.05) is 39.6 Å². The van der Waals surface area contributed by atoms with Gasteiger partial charge in [0.15, 0.2) is 12.2 Å². The predicted molar refractivity (Wildman–Crippen MR) is 344 cm³/mol. The zero-order valence-electron chi connectivity index (χ0n) is 55.3. The van der Waals surface area contributed by atoms with E-state index < -0.39 is 97.5 Å². The standard InChI is InChI=1S/C67H126O17P2/c1-8-9-10-11-12-13-14-15-16-17-18-19-27-36-43-50-66(71)83-63(55-78-65(70)49-42-35-30-29-33-40-47-60(6)7)57-82-86(75,76)80-53-61(68)52-79-85(73,74)81-56-62(84-67(72)51-44-37-28-23-21-25-32-39-46-59(4)5)54-77-64(69)48-41-34-26-22-20-24-31-38-45-58(2)3/h13-16,58-63,68H,8-12,17-57H2,1-7H3,(H,73,74)(H,75,76)/b14-13-,16-15-/t61?,62-,63-/m1/s1. The van der Waals surface area contributed by atoms with E-state index in [0.717, 1.165) is 115 Å². The van der Waals surface area contributed by atoms with Crippen LogP contribution >= 0.6 is 15.6 Å². The Morgan fingerprint density at radius 2 is 0.628 bits per heavy atom.